The van der Waals surface area contributed by atoms with Crippen molar-refractivity contribution in [2.24, 2.45) is 5.92 Å². The Bertz CT molecular complexity index is 496. The van der Waals surface area contributed by atoms with E-state index in [1.807, 2.05) is 17.8 Å². The first-order chi connectivity index (χ1) is 10.3. The second-order valence-corrected chi connectivity index (χ2v) is 6.51. The normalized spacial score (nSPS) is 14.8. The number of aliphatic hydroxyl groups excluding tert-OH is 1. The standard InChI is InChI=1S/C18H24O2S/c1-20-18-10-9-16(12-17(18)8-4-5-11-19)14-21-13-15-6-2-3-7-15/h9-10,12,15,19H,2-3,5-7,11,13-14H2,1H3. The second-order valence-electron chi connectivity index (χ2n) is 5.48. The first-order valence-electron chi connectivity index (χ1n) is 7.68. The monoisotopic (exact) mass is 304 g/mol. The zero-order valence-corrected chi connectivity index (χ0v) is 13.5. The van der Waals surface area contributed by atoms with E-state index in [0.717, 1.165) is 23.0 Å². The van der Waals surface area contributed by atoms with Gasteiger partial charge in [0.2, 0.25) is 0 Å². The third kappa shape index (κ3) is 5.30. The highest BCUT2D eigenvalue weighted by atomic mass is 32.2. The van der Waals surface area contributed by atoms with Crippen molar-refractivity contribution in [1.82, 2.24) is 0 Å². The maximum absolute atomic E-state index is 8.81. The van der Waals surface area contributed by atoms with E-state index < -0.39 is 0 Å². The van der Waals surface area contributed by atoms with E-state index in [1.165, 1.54) is 37.0 Å². The fourth-order valence-electron chi connectivity index (χ4n) is 2.68. The highest BCUT2D eigenvalue weighted by Crippen LogP contribution is 2.29. The largest absolute Gasteiger partial charge is 0.495 e. The second kappa shape index (κ2) is 9.02. The molecule has 114 valence electrons. The molecule has 0 radical (unpaired) electrons. The van der Waals surface area contributed by atoms with Gasteiger partial charge in [0.25, 0.3) is 0 Å². The topological polar surface area (TPSA) is 29.5 Å². The fraction of sp³-hybridized carbons (Fsp3) is 0.556. The molecule has 1 aliphatic carbocycles. The minimum absolute atomic E-state index is 0.103. The van der Waals surface area contributed by atoms with E-state index in [2.05, 4.69) is 24.0 Å². The van der Waals surface area contributed by atoms with Gasteiger partial charge in [-0.25, -0.2) is 0 Å². The molecular weight excluding hydrogens is 280 g/mol. The Morgan fingerprint density at radius 2 is 2.14 bits per heavy atom. The van der Waals surface area contributed by atoms with Crippen LogP contribution in [0.25, 0.3) is 0 Å². The van der Waals surface area contributed by atoms with Crippen molar-refractivity contribution in [1.29, 1.82) is 0 Å². The highest BCUT2D eigenvalue weighted by molar-refractivity contribution is 7.98. The summed E-state index contributed by atoms with van der Waals surface area (Å²) in [5.41, 5.74) is 2.22. The molecule has 0 unspecified atom stereocenters. The first kappa shape index (κ1) is 16.3. The van der Waals surface area contributed by atoms with Crippen molar-refractivity contribution >= 4 is 11.8 Å². The zero-order chi connectivity index (χ0) is 14.9. The molecule has 0 saturated heterocycles. The van der Waals surface area contributed by atoms with Crippen LogP contribution in [0.15, 0.2) is 18.2 Å². The van der Waals surface area contributed by atoms with Gasteiger partial charge in [-0.1, -0.05) is 30.7 Å². The van der Waals surface area contributed by atoms with Gasteiger partial charge >= 0.3 is 0 Å². The minimum atomic E-state index is 0.103. The smallest absolute Gasteiger partial charge is 0.134 e. The molecule has 0 spiro atoms. The van der Waals surface area contributed by atoms with Crippen LogP contribution >= 0.6 is 11.8 Å². The number of hydrogen-bond acceptors (Lipinski definition) is 3. The van der Waals surface area contributed by atoms with Crippen LogP contribution in [-0.4, -0.2) is 24.6 Å². The van der Waals surface area contributed by atoms with E-state index in [1.54, 1.807) is 7.11 Å². The molecule has 1 N–H and O–H groups in total. The minimum Gasteiger partial charge on any atom is -0.495 e. The van der Waals surface area contributed by atoms with Crippen LogP contribution in [0.5, 0.6) is 5.75 Å². The summed E-state index contributed by atoms with van der Waals surface area (Å²) < 4.78 is 5.34. The predicted octanol–water partition coefficient (Wildman–Crippen LogP) is 3.85. The Kier molecular flexibility index (Phi) is 6.99. The van der Waals surface area contributed by atoms with Gasteiger partial charge in [-0.05, 0) is 42.2 Å². The molecule has 1 aromatic rings. The SMILES string of the molecule is COc1ccc(CSCC2CCCC2)cc1C#CCCO. The molecule has 1 fully saturated rings. The van der Waals surface area contributed by atoms with Gasteiger partial charge in [-0.15, -0.1) is 0 Å². The van der Waals surface area contributed by atoms with Crippen molar-refractivity contribution in [2.75, 3.05) is 19.5 Å². The maximum atomic E-state index is 8.81. The molecule has 0 amide bonds. The molecule has 0 atom stereocenters. The van der Waals surface area contributed by atoms with Crippen LogP contribution in [0.3, 0.4) is 0 Å². The van der Waals surface area contributed by atoms with E-state index in [-0.39, 0.29) is 6.61 Å². The van der Waals surface area contributed by atoms with Gasteiger partial charge in [-0.2, -0.15) is 11.8 Å². The quantitative estimate of drug-likeness (QED) is 0.809. The summed E-state index contributed by atoms with van der Waals surface area (Å²) in [7, 11) is 1.67. The van der Waals surface area contributed by atoms with Crippen molar-refractivity contribution in [2.45, 2.75) is 37.9 Å². The molecule has 0 bridgehead atoms. The van der Waals surface area contributed by atoms with Crippen molar-refractivity contribution in [3.63, 3.8) is 0 Å². The van der Waals surface area contributed by atoms with Crippen LogP contribution in [0.1, 0.15) is 43.2 Å². The fourth-order valence-corrected chi connectivity index (χ4v) is 3.88. The van der Waals surface area contributed by atoms with Gasteiger partial charge in [0.15, 0.2) is 0 Å². The molecule has 21 heavy (non-hydrogen) atoms. The average molecular weight is 304 g/mol. The van der Waals surface area contributed by atoms with Gasteiger partial charge in [0, 0.05) is 12.2 Å². The van der Waals surface area contributed by atoms with Crippen LogP contribution < -0.4 is 4.74 Å². The number of hydrogen-bond donors (Lipinski definition) is 1. The van der Waals surface area contributed by atoms with E-state index in [4.69, 9.17) is 9.84 Å². The lowest BCUT2D eigenvalue weighted by Gasteiger charge is -2.09. The Hall–Kier alpha value is -1.11. The first-order valence-corrected chi connectivity index (χ1v) is 8.83. The third-order valence-corrected chi connectivity index (χ3v) is 5.07. The maximum Gasteiger partial charge on any atom is 0.134 e. The molecule has 3 heteroatoms. The molecule has 2 rings (SSSR count). The lowest BCUT2D eigenvalue weighted by Crippen LogP contribution is -1.97. The van der Waals surface area contributed by atoms with E-state index in [0.29, 0.717) is 6.42 Å². The molecule has 1 saturated carbocycles. The van der Waals surface area contributed by atoms with E-state index in [9.17, 15) is 0 Å². The lowest BCUT2D eigenvalue weighted by molar-refractivity contribution is 0.305. The third-order valence-electron chi connectivity index (χ3n) is 3.82. The number of methoxy groups -OCH3 is 1. The number of benzene rings is 1. The number of aliphatic hydroxyl groups is 1. The van der Waals surface area contributed by atoms with E-state index >= 15 is 0 Å². The summed E-state index contributed by atoms with van der Waals surface area (Å²) in [4.78, 5) is 0. The number of ether oxygens (including phenoxy) is 1. The average Bonchev–Trinajstić information content (AvgIpc) is 3.01. The molecular formula is C18H24O2S. The zero-order valence-electron chi connectivity index (χ0n) is 12.7. The Balaban J connectivity index is 1.93. The lowest BCUT2D eigenvalue weighted by atomic mass is 10.1. The molecule has 1 aromatic carbocycles. The molecule has 0 aromatic heterocycles. The number of thioether (sulfide) groups is 1. The Labute approximate surface area is 132 Å². The van der Waals surface area contributed by atoms with Crippen molar-refractivity contribution in [3.8, 4) is 17.6 Å². The summed E-state index contributed by atoms with van der Waals surface area (Å²) in [5, 5.41) is 8.81. The molecule has 0 heterocycles. The van der Waals surface area contributed by atoms with Gasteiger partial charge in [-0.3, -0.25) is 0 Å². The predicted molar refractivity (Wildman–Crippen MR) is 89.7 cm³/mol. The van der Waals surface area contributed by atoms with Crippen molar-refractivity contribution < 1.29 is 9.84 Å². The van der Waals surface area contributed by atoms with Gasteiger partial charge in [0.1, 0.15) is 5.75 Å². The summed E-state index contributed by atoms with van der Waals surface area (Å²) in [6, 6.07) is 6.23. The molecule has 2 nitrogen and oxygen atoms in total. The summed E-state index contributed by atoms with van der Waals surface area (Å²) >= 11 is 2.03. The van der Waals surface area contributed by atoms with Crippen LogP contribution in [0, 0.1) is 17.8 Å². The summed E-state index contributed by atoms with van der Waals surface area (Å²) in [6.45, 7) is 0.103. The molecule has 0 aliphatic heterocycles. The Morgan fingerprint density at radius 3 is 2.86 bits per heavy atom. The van der Waals surface area contributed by atoms with Gasteiger partial charge in [0.05, 0.1) is 19.3 Å². The Morgan fingerprint density at radius 1 is 1.33 bits per heavy atom. The summed E-state index contributed by atoms with van der Waals surface area (Å²) in [5.74, 6) is 10.1. The highest BCUT2D eigenvalue weighted by Gasteiger charge is 2.14. The van der Waals surface area contributed by atoms with Crippen LogP contribution in [0.2, 0.25) is 0 Å². The van der Waals surface area contributed by atoms with Crippen LogP contribution in [-0.2, 0) is 5.75 Å². The summed E-state index contributed by atoms with van der Waals surface area (Å²) in [6.07, 6.45) is 6.15. The molecule has 1 aliphatic rings. The van der Waals surface area contributed by atoms with Crippen LogP contribution in [0.4, 0.5) is 0 Å². The number of rotatable bonds is 6. The van der Waals surface area contributed by atoms with Crippen molar-refractivity contribution in [3.05, 3.63) is 29.3 Å². The van der Waals surface area contributed by atoms with Gasteiger partial charge < -0.3 is 9.84 Å².